The van der Waals surface area contributed by atoms with Crippen molar-refractivity contribution in [2.45, 2.75) is 38.1 Å². The highest BCUT2D eigenvalue weighted by Crippen LogP contribution is 2.40. The van der Waals surface area contributed by atoms with Gasteiger partial charge >= 0.3 is 0 Å². The predicted molar refractivity (Wildman–Crippen MR) is 82.9 cm³/mol. The van der Waals surface area contributed by atoms with Crippen molar-refractivity contribution in [1.29, 1.82) is 0 Å². The molecular formula is C18H19FN2O. The van der Waals surface area contributed by atoms with E-state index in [9.17, 15) is 9.18 Å². The van der Waals surface area contributed by atoms with Crippen LogP contribution in [0.2, 0.25) is 0 Å². The van der Waals surface area contributed by atoms with Crippen LogP contribution in [0, 0.1) is 5.82 Å². The number of rotatable bonds is 5. The SMILES string of the molecule is CC(C(=O)NCc1ccc(C2CC2)cc1F)c1ccccn1. The summed E-state index contributed by atoms with van der Waals surface area (Å²) in [4.78, 5) is 16.3. The Kier molecular flexibility index (Phi) is 4.18. The molecule has 0 saturated heterocycles. The van der Waals surface area contributed by atoms with E-state index in [2.05, 4.69) is 10.3 Å². The van der Waals surface area contributed by atoms with E-state index in [1.54, 1.807) is 25.3 Å². The largest absolute Gasteiger partial charge is 0.351 e. The van der Waals surface area contributed by atoms with Crippen LogP contribution in [0.3, 0.4) is 0 Å². The van der Waals surface area contributed by atoms with Gasteiger partial charge in [0.2, 0.25) is 5.91 Å². The Hall–Kier alpha value is -2.23. The first kappa shape index (κ1) is 14.7. The normalized spacial score (nSPS) is 15.4. The minimum atomic E-state index is -0.352. The molecule has 1 N–H and O–H groups in total. The molecule has 1 heterocycles. The second-order valence-corrected chi connectivity index (χ2v) is 5.82. The first-order valence-corrected chi connectivity index (χ1v) is 7.62. The fourth-order valence-corrected chi connectivity index (χ4v) is 2.48. The second-order valence-electron chi connectivity index (χ2n) is 5.82. The summed E-state index contributed by atoms with van der Waals surface area (Å²) < 4.78 is 14.0. The van der Waals surface area contributed by atoms with Gasteiger partial charge in [0.05, 0.1) is 11.6 Å². The van der Waals surface area contributed by atoms with E-state index in [1.165, 1.54) is 0 Å². The number of nitrogens with one attached hydrogen (secondary N) is 1. The monoisotopic (exact) mass is 298 g/mol. The Morgan fingerprint density at radius 2 is 2.18 bits per heavy atom. The predicted octanol–water partition coefficient (Wildman–Crippen LogP) is 3.52. The summed E-state index contributed by atoms with van der Waals surface area (Å²) in [5.74, 6) is -0.211. The summed E-state index contributed by atoms with van der Waals surface area (Å²) in [6.45, 7) is 2.00. The summed E-state index contributed by atoms with van der Waals surface area (Å²) in [5.41, 5.74) is 2.30. The van der Waals surface area contributed by atoms with Crippen LogP contribution in [0.25, 0.3) is 0 Å². The molecule has 2 aromatic rings. The first-order valence-electron chi connectivity index (χ1n) is 7.62. The van der Waals surface area contributed by atoms with Gasteiger partial charge in [-0.2, -0.15) is 0 Å². The topological polar surface area (TPSA) is 42.0 Å². The van der Waals surface area contributed by atoms with Crippen LogP contribution in [0.5, 0.6) is 0 Å². The molecule has 1 atom stereocenters. The Labute approximate surface area is 129 Å². The highest BCUT2D eigenvalue weighted by atomic mass is 19.1. The quantitative estimate of drug-likeness (QED) is 0.917. The van der Waals surface area contributed by atoms with Crippen molar-refractivity contribution in [3.05, 3.63) is 65.2 Å². The maximum absolute atomic E-state index is 14.0. The van der Waals surface area contributed by atoms with E-state index < -0.39 is 0 Å². The number of benzene rings is 1. The zero-order chi connectivity index (χ0) is 15.5. The smallest absolute Gasteiger partial charge is 0.229 e. The fraction of sp³-hybridized carbons (Fsp3) is 0.333. The summed E-state index contributed by atoms with van der Waals surface area (Å²) in [6, 6.07) is 10.8. The van der Waals surface area contributed by atoms with Gasteiger partial charge in [-0.3, -0.25) is 9.78 Å². The van der Waals surface area contributed by atoms with Crippen LogP contribution in [0.1, 0.15) is 48.4 Å². The number of amides is 1. The van der Waals surface area contributed by atoms with Crippen molar-refractivity contribution in [3.63, 3.8) is 0 Å². The molecule has 1 saturated carbocycles. The number of aromatic nitrogens is 1. The van der Waals surface area contributed by atoms with E-state index in [-0.39, 0.29) is 24.2 Å². The number of halogens is 1. The van der Waals surface area contributed by atoms with Gasteiger partial charge in [0.15, 0.2) is 0 Å². The van der Waals surface area contributed by atoms with Crippen LogP contribution < -0.4 is 5.32 Å². The van der Waals surface area contributed by atoms with Gasteiger partial charge in [-0.1, -0.05) is 18.2 Å². The Morgan fingerprint density at radius 1 is 1.36 bits per heavy atom. The zero-order valence-electron chi connectivity index (χ0n) is 12.6. The second kappa shape index (κ2) is 6.26. The molecule has 1 amide bonds. The maximum Gasteiger partial charge on any atom is 0.229 e. The number of hydrogen-bond donors (Lipinski definition) is 1. The lowest BCUT2D eigenvalue weighted by molar-refractivity contribution is -0.122. The molecular weight excluding hydrogens is 279 g/mol. The van der Waals surface area contributed by atoms with Gasteiger partial charge in [0.25, 0.3) is 0 Å². The molecule has 3 rings (SSSR count). The standard InChI is InChI=1S/C18H19FN2O/c1-12(17-4-2-3-9-20-17)18(22)21-11-15-8-7-14(10-16(15)19)13-5-6-13/h2-4,7-10,12-13H,5-6,11H2,1H3,(H,21,22). The van der Waals surface area contributed by atoms with Crippen molar-refractivity contribution in [2.24, 2.45) is 0 Å². The first-order chi connectivity index (χ1) is 10.6. The number of carbonyl (C=O) groups excluding carboxylic acids is 1. The third kappa shape index (κ3) is 3.32. The van der Waals surface area contributed by atoms with Crippen LogP contribution in [-0.2, 0) is 11.3 Å². The van der Waals surface area contributed by atoms with Crippen molar-refractivity contribution < 1.29 is 9.18 Å². The molecule has 3 nitrogen and oxygen atoms in total. The van der Waals surface area contributed by atoms with Gasteiger partial charge in [-0.05, 0) is 49.4 Å². The Balaban J connectivity index is 1.61. The minimum absolute atomic E-state index is 0.149. The molecule has 1 fully saturated rings. The molecule has 0 bridgehead atoms. The molecule has 4 heteroatoms. The van der Waals surface area contributed by atoms with Crippen LogP contribution in [0.4, 0.5) is 4.39 Å². The van der Waals surface area contributed by atoms with E-state index >= 15 is 0 Å². The lowest BCUT2D eigenvalue weighted by Crippen LogP contribution is -2.28. The van der Waals surface area contributed by atoms with Gasteiger partial charge in [-0.15, -0.1) is 0 Å². The number of hydrogen-bond acceptors (Lipinski definition) is 2. The summed E-state index contributed by atoms with van der Waals surface area (Å²) in [6.07, 6.45) is 3.96. The molecule has 22 heavy (non-hydrogen) atoms. The number of carbonyl (C=O) groups is 1. The minimum Gasteiger partial charge on any atom is -0.351 e. The average molecular weight is 298 g/mol. The molecule has 0 aliphatic heterocycles. The lowest BCUT2D eigenvalue weighted by atomic mass is 10.1. The van der Waals surface area contributed by atoms with E-state index in [1.807, 2.05) is 24.3 Å². The van der Waals surface area contributed by atoms with Gasteiger partial charge < -0.3 is 5.32 Å². The fourth-order valence-electron chi connectivity index (χ4n) is 2.48. The van der Waals surface area contributed by atoms with Crippen LogP contribution in [0.15, 0.2) is 42.6 Å². The number of pyridine rings is 1. The third-order valence-electron chi connectivity index (χ3n) is 4.10. The van der Waals surface area contributed by atoms with Crippen molar-refractivity contribution in [1.82, 2.24) is 10.3 Å². The van der Waals surface area contributed by atoms with E-state index in [4.69, 9.17) is 0 Å². The van der Waals surface area contributed by atoms with Crippen molar-refractivity contribution in [2.75, 3.05) is 0 Å². The Morgan fingerprint density at radius 3 is 2.82 bits per heavy atom. The molecule has 1 aliphatic carbocycles. The van der Waals surface area contributed by atoms with Crippen molar-refractivity contribution >= 4 is 5.91 Å². The third-order valence-corrected chi connectivity index (χ3v) is 4.10. The van der Waals surface area contributed by atoms with Gasteiger partial charge in [0, 0.05) is 18.3 Å². The molecule has 1 aromatic heterocycles. The lowest BCUT2D eigenvalue weighted by Gasteiger charge is -2.12. The molecule has 1 unspecified atom stereocenters. The summed E-state index contributed by atoms with van der Waals surface area (Å²) in [5, 5.41) is 2.78. The van der Waals surface area contributed by atoms with Crippen LogP contribution in [-0.4, -0.2) is 10.9 Å². The molecule has 1 aromatic carbocycles. The Bertz CT molecular complexity index is 668. The molecule has 114 valence electrons. The summed E-state index contributed by atoms with van der Waals surface area (Å²) in [7, 11) is 0. The van der Waals surface area contributed by atoms with E-state index in [0.29, 0.717) is 17.2 Å². The highest BCUT2D eigenvalue weighted by molar-refractivity contribution is 5.82. The van der Waals surface area contributed by atoms with Gasteiger partial charge in [-0.25, -0.2) is 4.39 Å². The van der Waals surface area contributed by atoms with E-state index in [0.717, 1.165) is 18.4 Å². The molecule has 0 spiro atoms. The van der Waals surface area contributed by atoms with Crippen molar-refractivity contribution in [3.8, 4) is 0 Å². The number of nitrogens with zero attached hydrogens (tertiary/aromatic N) is 1. The highest BCUT2D eigenvalue weighted by Gasteiger charge is 2.24. The van der Waals surface area contributed by atoms with Gasteiger partial charge in [0.1, 0.15) is 5.82 Å². The molecule has 0 radical (unpaired) electrons. The summed E-state index contributed by atoms with van der Waals surface area (Å²) >= 11 is 0. The van der Waals surface area contributed by atoms with Crippen LogP contribution >= 0.6 is 0 Å². The molecule has 1 aliphatic rings. The zero-order valence-corrected chi connectivity index (χ0v) is 12.6. The average Bonchev–Trinajstić information content (AvgIpc) is 3.38. The maximum atomic E-state index is 14.0.